The van der Waals surface area contributed by atoms with E-state index < -0.39 is 0 Å². The van der Waals surface area contributed by atoms with E-state index in [1.165, 1.54) is 33.1 Å². The third kappa shape index (κ3) is 1.36. The lowest BCUT2D eigenvalue weighted by Gasteiger charge is -1.95. The Bertz CT molecular complexity index is 774. The lowest BCUT2D eigenvalue weighted by Crippen LogP contribution is -1.74. The van der Waals surface area contributed by atoms with Crippen molar-refractivity contribution in [1.82, 2.24) is 9.97 Å². The maximum Gasteiger partial charge on any atom is 0.0466 e. The highest BCUT2D eigenvalue weighted by Gasteiger charge is 2.04. The van der Waals surface area contributed by atoms with E-state index in [4.69, 9.17) is 0 Å². The van der Waals surface area contributed by atoms with Crippen LogP contribution in [-0.2, 0) is 0 Å². The summed E-state index contributed by atoms with van der Waals surface area (Å²) < 4.78 is 0. The van der Waals surface area contributed by atoms with Crippen LogP contribution < -0.4 is 0 Å². The molecule has 2 N–H and O–H groups in total. The molecule has 0 aliphatic heterocycles. The molecule has 4 aromatic rings. The van der Waals surface area contributed by atoms with Gasteiger partial charge in [-0.1, -0.05) is 30.3 Å². The summed E-state index contributed by atoms with van der Waals surface area (Å²) in [6, 6.07) is 19.1. The molecular formula is C16H12N2. The van der Waals surface area contributed by atoms with Crippen molar-refractivity contribution in [2.75, 3.05) is 0 Å². The molecule has 2 nitrogen and oxygen atoms in total. The highest BCUT2D eigenvalue weighted by Crippen LogP contribution is 2.27. The lowest BCUT2D eigenvalue weighted by molar-refractivity contribution is 1.46. The summed E-state index contributed by atoms with van der Waals surface area (Å²) in [5, 5.41) is 2.48. The molecule has 18 heavy (non-hydrogen) atoms. The van der Waals surface area contributed by atoms with Crippen molar-refractivity contribution in [3.63, 3.8) is 0 Å². The first-order valence-corrected chi connectivity index (χ1v) is 6.05. The molecule has 2 heterocycles. The fraction of sp³-hybridized carbons (Fsp3) is 0. The SMILES string of the molecule is c1ccc(-c2cc3cc4[nH]ccc4cc3[nH]2)cc1. The van der Waals surface area contributed by atoms with Crippen LogP contribution in [-0.4, -0.2) is 9.97 Å². The summed E-state index contributed by atoms with van der Waals surface area (Å²) in [7, 11) is 0. The number of rotatable bonds is 1. The number of aromatic nitrogens is 2. The standard InChI is InChI=1S/C16H12N2/c1-2-4-11(5-3-1)15-10-13-9-14-12(6-7-17-14)8-16(13)18-15/h1-10,17-18H. The number of benzene rings is 2. The first-order valence-electron chi connectivity index (χ1n) is 6.05. The van der Waals surface area contributed by atoms with E-state index in [2.05, 4.69) is 58.5 Å². The Balaban J connectivity index is 1.98. The number of fused-ring (bicyclic) bond motifs is 2. The van der Waals surface area contributed by atoms with E-state index in [0.29, 0.717) is 0 Å². The van der Waals surface area contributed by atoms with Crippen molar-refractivity contribution in [3.05, 3.63) is 60.8 Å². The Morgan fingerprint density at radius 3 is 2.44 bits per heavy atom. The molecule has 2 heteroatoms. The second kappa shape index (κ2) is 3.50. The van der Waals surface area contributed by atoms with Crippen molar-refractivity contribution in [1.29, 1.82) is 0 Å². The highest BCUT2D eigenvalue weighted by atomic mass is 14.7. The van der Waals surface area contributed by atoms with E-state index in [1.54, 1.807) is 0 Å². The normalized spacial score (nSPS) is 11.3. The molecule has 0 bridgehead atoms. The van der Waals surface area contributed by atoms with Gasteiger partial charge in [0.25, 0.3) is 0 Å². The molecule has 0 saturated carbocycles. The van der Waals surface area contributed by atoms with Crippen molar-refractivity contribution in [2.45, 2.75) is 0 Å². The Kier molecular flexibility index (Phi) is 1.86. The van der Waals surface area contributed by atoms with E-state index in [1.807, 2.05) is 12.3 Å². The largest absolute Gasteiger partial charge is 0.361 e. The smallest absolute Gasteiger partial charge is 0.0466 e. The van der Waals surface area contributed by atoms with Gasteiger partial charge in [0.2, 0.25) is 0 Å². The zero-order valence-electron chi connectivity index (χ0n) is 9.77. The van der Waals surface area contributed by atoms with Gasteiger partial charge in [0.15, 0.2) is 0 Å². The van der Waals surface area contributed by atoms with Crippen molar-refractivity contribution in [3.8, 4) is 11.3 Å². The van der Waals surface area contributed by atoms with Crippen LogP contribution in [0.25, 0.3) is 33.1 Å². The molecule has 0 aliphatic rings. The van der Waals surface area contributed by atoms with Gasteiger partial charge in [0.05, 0.1) is 0 Å². The monoisotopic (exact) mass is 232 g/mol. The Morgan fingerprint density at radius 2 is 1.56 bits per heavy atom. The van der Waals surface area contributed by atoms with Crippen LogP contribution in [0.3, 0.4) is 0 Å². The summed E-state index contributed by atoms with van der Waals surface area (Å²) in [5.41, 5.74) is 4.75. The maximum absolute atomic E-state index is 3.48. The topological polar surface area (TPSA) is 31.6 Å². The van der Waals surface area contributed by atoms with E-state index >= 15 is 0 Å². The van der Waals surface area contributed by atoms with Crippen LogP contribution in [0, 0.1) is 0 Å². The molecule has 0 amide bonds. The van der Waals surface area contributed by atoms with Crippen molar-refractivity contribution < 1.29 is 0 Å². The summed E-state index contributed by atoms with van der Waals surface area (Å²) in [5.74, 6) is 0. The maximum atomic E-state index is 3.48. The van der Waals surface area contributed by atoms with Crippen LogP contribution in [0.5, 0.6) is 0 Å². The van der Waals surface area contributed by atoms with Gasteiger partial charge in [0, 0.05) is 33.7 Å². The molecule has 0 radical (unpaired) electrons. The number of nitrogens with one attached hydrogen (secondary N) is 2. The predicted octanol–water partition coefficient (Wildman–Crippen LogP) is 4.32. The number of hydrogen-bond donors (Lipinski definition) is 2. The van der Waals surface area contributed by atoms with Gasteiger partial charge in [-0.2, -0.15) is 0 Å². The van der Waals surface area contributed by atoms with Gasteiger partial charge >= 0.3 is 0 Å². The Labute approximate surface area is 104 Å². The van der Waals surface area contributed by atoms with Gasteiger partial charge < -0.3 is 9.97 Å². The van der Waals surface area contributed by atoms with Crippen LogP contribution in [0.2, 0.25) is 0 Å². The number of hydrogen-bond acceptors (Lipinski definition) is 0. The van der Waals surface area contributed by atoms with Crippen molar-refractivity contribution in [2.24, 2.45) is 0 Å². The number of aromatic amines is 2. The van der Waals surface area contributed by atoms with Gasteiger partial charge in [-0.25, -0.2) is 0 Å². The van der Waals surface area contributed by atoms with Crippen molar-refractivity contribution >= 4 is 21.8 Å². The van der Waals surface area contributed by atoms with Gasteiger partial charge in [-0.05, 0) is 29.8 Å². The third-order valence-electron chi connectivity index (χ3n) is 3.38. The second-order valence-corrected chi connectivity index (χ2v) is 4.55. The fourth-order valence-corrected chi connectivity index (χ4v) is 2.45. The fourth-order valence-electron chi connectivity index (χ4n) is 2.45. The van der Waals surface area contributed by atoms with Gasteiger partial charge in [0.1, 0.15) is 0 Å². The average molecular weight is 232 g/mol. The van der Waals surface area contributed by atoms with E-state index in [-0.39, 0.29) is 0 Å². The molecule has 2 aromatic carbocycles. The van der Waals surface area contributed by atoms with Crippen LogP contribution >= 0.6 is 0 Å². The molecule has 4 rings (SSSR count). The van der Waals surface area contributed by atoms with E-state index in [9.17, 15) is 0 Å². The first kappa shape index (κ1) is 9.54. The predicted molar refractivity (Wildman–Crippen MR) is 75.6 cm³/mol. The van der Waals surface area contributed by atoms with Gasteiger partial charge in [-0.3, -0.25) is 0 Å². The summed E-state index contributed by atoms with van der Waals surface area (Å²) in [6.07, 6.45) is 1.97. The number of H-pyrrole nitrogens is 2. The van der Waals surface area contributed by atoms with Crippen LogP contribution in [0.15, 0.2) is 60.8 Å². The molecule has 0 aliphatic carbocycles. The molecule has 0 atom stereocenters. The molecule has 0 fully saturated rings. The zero-order chi connectivity index (χ0) is 11.9. The van der Waals surface area contributed by atoms with Crippen LogP contribution in [0.4, 0.5) is 0 Å². The molecule has 0 saturated heterocycles. The summed E-state index contributed by atoms with van der Waals surface area (Å²) in [6.45, 7) is 0. The average Bonchev–Trinajstić information content (AvgIpc) is 3.01. The highest BCUT2D eigenvalue weighted by molar-refractivity contribution is 5.97. The van der Waals surface area contributed by atoms with E-state index in [0.717, 1.165) is 0 Å². The zero-order valence-corrected chi connectivity index (χ0v) is 9.77. The molecule has 0 unspecified atom stereocenters. The first-order chi connectivity index (χ1) is 8.90. The quantitative estimate of drug-likeness (QED) is 0.490. The van der Waals surface area contributed by atoms with Gasteiger partial charge in [-0.15, -0.1) is 0 Å². The summed E-state index contributed by atoms with van der Waals surface area (Å²) in [4.78, 5) is 6.73. The minimum Gasteiger partial charge on any atom is -0.361 e. The minimum absolute atomic E-state index is 1.17. The minimum atomic E-state index is 1.17. The second-order valence-electron chi connectivity index (χ2n) is 4.55. The van der Waals surface area contributed by atoms with Crippen LogP contribution in [0.1, 0.15) is 0 Å². The molecule has 2 aromatic heterocycles. The molecular weight excluding hydrogens is 220 g/mol. The lowest BCUT2D eigenvalue weighted by atomic mass is 10.1. The Hall–Kier alpha value is -2.48. The molecule has 86 valence electrons. The molecule has 0 spiro atoms. The third-order valence-corrected chi connectivity index (χ3v) is 3.38. The Morgan fingerprint density at radius 1 is 0.722 bits per heavy atom. The summed E-state index contributed by atoms with van der Waals surface area (Å²) >= 11 is 0.